The number of aliphatic hydroxyl groups excluding tert-OH is 2. The molecular weight excluding hydrogens is 272 g/mol. The minimum atomic E-state index is -0.755. The Balaban J connectivity index is 2.94. The van der Waals surface area contributed by atoms with Crippen molar-refractivity contribution in [3.63, 3.8) is 0 Å². The number of hydrogen-bond acceptors (Lipinski definition) is 7. The summed E-state index contributed by atoms with van der Waals surface area (Å²) in [6.07, 6.45) is -1.48. The summed E-state index contributed by atoms with van der Waals surface area (Å²) in [5.41, 5.74) is -0.0620. The van der Waals surface area contributed by atoms with Gasteiger partial charge in [-0.25, -0.2) is 0 Å². The quantitative estimate of drug-likeness (QED) is 0.577. The Kier molecular flexibility index (Phi) is 5.67. The molecule has 0 aliphatic rings. The Morgan fingerprint density at radius 2 is 2.21 bits per heavy atom. The lowest BCUT2D eigenvalue weighted by molar-refractivity contribution is -0.383. The van der Waals surface area contributed by atoms with Crippen LogP contribution >= 0.6 is 11.3 Å². The van der Waals surface area contributed by atoms with E-state index in [0.29, 0.717) is 9.88 Å². The Morgan fingerprint density at radius 3 is 2.68 bits per heavy atom. The van der Waals surface area contributed by atoms with Crippen molar-refractivity contribution >= 4 is 22.0 Å². The van der Waals surface area contributed by atoms with Gasteiger partial charge in [0.15, 0.2) is 5.00 Å². The Hall–Kier alpha value is -1.22. The van der Waals surface area contributed by atoms with E-state index in [9.17, 15) is 20.3 Å². The van der Waals surface area contributed by atoms with Gasteiger partial charge in [-0.05, 0) is 6.92 Å². The fraction of sp³-hybridized carbons (Fsp3) is 0.636. The summed E-state index contributed by atoms with van der Waals surface area (Å²) in [5, 5.41) is 30.5. The lowest BCUT2D eigenvalue weighted by Gasteiger charge is -2.20. The smallest absolute Gasteiger partial charge is 0.304 e. The summed E-state index contributed by atoms with van der Waals surface area (Å²) in [4.78, 5) is 12.6. The van der Waals surface area contributed by atoms with Gasteiger partial charge in [-0.1, -0.05) is 0 Å². The molecule has 0 saturated carbocycles. The number of methoxy groups -OCH3 is 1. The topological polar surface area (TPSA) is 96.1 Å². The Labute approximate surface area is 115 Å². The minimum absolute atomic E-state index is 0.0620. The first kappa shape index (κ1) is 15.8. The second kappa shape index (κ2) is 6.80. The number of nitrogens with zero attached hydrogens (tertiary/aromatic N) is 2. The normalized spacial score (nSPS) is 14.2. The standard InChI is InChI=1S/C11H18N2O5S/c1-7(14)10-4-9(13(16)17)11(19-10)12(2)5-8(15)6-18-3/h4,7-8,14-15H,5-6H2,1-3H3. The van der Waals surface area contributed by atoms with Gasteiger partial charge in [-0.3, -0.25) is 10.1 Å². The summed E-state index contributed by atoms with van der Waals surface area (Å²) >= 11 is 1.15. The van der Waals surface area contributed by atoms with Crippen LogP contribution in [-0.4, -0.2) is 48.5 Å². The van der Waals surface area contributed by atoms with E-state index in [1.165, 1.54) is 13.2 Å². The van der Waals surface area contributed by atoms with E-state index in [2.05, 4.69) is 0 Å². The minimum Gasteiger partial charge on any atom is -0.389 e. The molecule has 2 unspecified atom stereocenters. The first-order chi connectivity index (χ1) is 8.86. The fourth-order valence-electron chi connectivity index (χ4n) is 1.64. The summed E-state index contributed by atoms with van der Waals surface area (Å²) in [5.74, 6) is 0. The average Bonchev–Trinajstić information content (AvgIpc) is 2.73. The van der Waals surface area contributed by atoms with Gasteiger partial charge in [0.1, 0.15) is 0 Å². The van der Waals surface area contributed by atoms with Gasteiger partial charge in [-0.15, -0.1) is 11.3 Å². The van der Waals surface area contributed by atoms with Gasteiger partial charge in [-0.2, -0.15) is 0 Å². The van der Waals surface area contributed by atoms with Crippen LogP contribution < -0.4 is 4.90 Å². The number of rotatable bonds is 7. The maximum Gasteiger partial charge on any atom is 0.304 e. The van der Waals surface area contributed by atoms with Crippen LogP contribution in [0.15, 0.2) is 6.07 Å². The molecule has 1 heterocycles. The van der Waals surface area contributed by atoms with Gasteiger partial charge >= 0.3 is 5.69 Å². The lowest BCUT2D eigenvalue weighted by atomic mass is 10.3. The molecule has 0 saturated heterocycles. The number of likely N-dealkylation sites (N-methyl/N-ethyl adjacent to an activating group) is 1. The van der Waals surface area contributed by atoms with Crippen LogP contribution in [0.5, 0.6) is 0 Å². The van der Waals surface area contributed by atoms with Crippen LogP contribution in [0.4, 0.5) is 10.7 Å². The molecule has 0 bridgehead atoms. The molecule has 0 fully saturated rings. The van der Waals surface area contributed by atoms with Gasteiger partial charge in [0.2, 0.25) is 0 Å². The second-order valence-corrected chi connectivity index (χ2v) is 5.32. The number of thiophene rings is 1. The molecule has 0 aromatic carbocycles. The monoisotopic (exact) mass is 290 g/mol. The molecule has 1 aromatic rings. The first-order valence-corrected chi connectivity index (χ1v) is 6.52. The molecule has 1 rings (SSSR count). The molecule has 108 valence electrons. The summed E-state index contributed by atoms with van der Waals surface area (Å²) < 4.78 is 4.81. The van der Waals surface area contributed by atoms with Crippen LogP contribution in [0.25, 0.3) is 0 Å². The molecule has 0 spiro atoms. The Morgan fingerprint density at radius 1 is 1.58 bits per heavy atom. The number of nitro groups is 1. The highest BCUT2D eigenvalue weighted by Crippen LogP contribution is 2.39. The van der Waals surface area contributed by atoms with E-state index < -0.39 is 17.1 Å². The van der Waals surface area contributed by atoms with Crippen molar-refractivity contribution < 1.29 is 19.9 Å². The van der Waals surface area contributed by atoms with E-state index in [0.717, 1.165) is 11.3 Å². The van der Waals surface area contributed by atoms with Crippen molar-refractivity contribution in [1.29, 1.82) is 0 Å². The average molecular weight is 290 g/mol. The lowest BCUT2D eigenvalue weighted by Crippen LogP contribution is -2.31. The van der Waals surface area contributed by atoms with Gasteiger partial charge in [0.25, 0.3) is 0 Å². The van der Waals surface area contributed by atoms with Crippen LogP contribution in [0, 0.1) is 10.1 Å². The van der Waals surface area contributed by atoms with Crippen molar-refractivity contribution in [2.24, 2.45) is 0 Å². The van der Waals surface area contributed by atoms with E-state index in [4.69, 9.17) is 4.74 Å². The van der Waals surface area contributed by atoms with Crippen molar-refractivity contribution in [2.45, 2.75) is 19.1 Å². The second-order valence-electron chi connectivity index (χ2n) is 4.26. The molecule has 8 heteroatoms. The summed E-state index contributed by atoms with van der Waals surface area (Å²) in [7, 11) is 3.13. The SMILES string of the molecule is COCC(O)CN(C)c1sc(C(C)O)cc1[N+](=O)[O-]. The number of anilines is 1. The molecule has 0 aliphatic heterocycles. The van der Waals surface area contributed by atoms with E-state index in [1.54, 1.807) is 18.9 Å². The van der Waals surface area contributed by atoms with Gasteiger partial charge < -0.3 is 19.8 Å². The zero-order valence-corrected chi connectivity index (χ0v) is 11.9. The molecule has 2 N–H and O–H groups in total. The predicted octanol–water partition coefficient (Wildman–Crippen LogP) is 1.15. The molecule has 19 heavy (non-hydrogen) atoms. The molecule has 1 aromatic heterocycles. The first-order valence-electron chi connectivity index (χ1n) is 5.71. The largest absolute Gasteiger partial charge is 0.389 e. The summed E-state index contributed by atoms with van der Waals surface area (Å²) in [6.45, 7) is 1.93. The number of hydrogen-bond donors (Lipinski definition) is 2. The molecule has 7 nitrogen and oxygen atoms in total. The number of ether oxygens (including phenoxy) is 1. The van der Waals surface area contributed by atoms with Crippen LogP contribution in [0.2, 0.25) is 0 Å². The Bertz CT molecular complexity index is 435. The zero-order chi connectivity index (χ0) is 14.6. The molecule has 0 aliphatic carbocycles. The zero-order valence-electron chi connectivity index (χ0n) is 11.1. The van der Waals surface area contributed by atoms with Gasteiger partial charge in [0, 0.05) is 31.6 Å². The number of aliphatic hydroxyl groups is 2. The van der Waals surface area contributed by atoms with Crippen LogP contribution in [-0.2, 0) is 4.74 Å². The highest BCUT2D eigenvalue weighted by atomic mass is 32.1. The maximum absolute atomic E-state index is 11.0. The third-order valence-corrected chi connectivity index (χ3v) is 3.92. The van der Waals surface area contributed by atoms with E-state index in [-0.39, 0.29) is 18.8 Å². The van der Waals surface area contributed by atoms with E-state index in [1.807, 2.05) is 0 Å². The molecule has 2 atom stereocenters. The van der Waals surface area contributed by atoms with Crippen molar-refractivity contribution in [3.05, 3.63) is 21.1 Å². The maximum atomic E-state index is 11.0. The molecule has 0 radical (unpaired) electrons. The predicted molar refractivity (Wildman–Crippen MR) is 72.8 cm³/mol. The molecule has 0 amide bonds. The third kappa shape index (κ3) is 4.13. The van der Waals surface area contributed by atoms with Crippen molar-refractivity contribution in [3.8, 4) is 0 Å². The van der Waals surface area contributed by atoms with Gasteiger partial charge in [0.05, 0.1) is 23.7 Å². The van der Waals surface area contributed by atoms with Crippen LogP contribution in [0.3, 0.4) is 0 Å². The van der Waals surface area contributed by atoms with Crippen LogP contribution in [0.1, 0.15) is 17.9 Å². The molecular formula is C11H18N2O5S. The van der Waals surface area contributed by atoms with Crippen molar-refractivity contribution in [1.82, 2.24) is 0 Å². The van der Waals surface area contributed by atoms with Crippen molar-refractivity contribution in [2.75, 3.05) is 32.2 Å². The highest BCUT2D eigenvalue weighted by molar-refractivity contribution is 7.16. The summed E-state index contributed by atoms with van der Waals surface area (Å²) in [6, 6.07) is 1.36. The fourth-order valence-corrected chi connectivity index (χ4v) is 2.68. The third-order valence-electron chi connectivity index (χ3n) is 2.51. The highest BCUT2D eigenvalue weighted by Gasteiger charge is 2.24. The van der Waals surface area contributed by atoms with E-state index >= 15 is 0 Å².